The van der Waals surface area contributed by atoms with Gasteiger partial charge in [-0.1, -0.05) is 0 Å². The van der Waals surface area contributed by atoms with Gasteiger partial charge < -0.3 is 5.11 Å². The lowest BCUT2D eigenvalue weighted by Crippen LogP contribution is -2.17. The molecule has 10 heavy (non-hydrogen) atoms. The van der Waals surface area contributed by atoms with E-state index < -0.39 is 0 Å². The molecule has 0 fully saturated rings. The van der Waals surface area contributed by atoms with Crippen molar-refractivity contribution in [3.8, 4) is 5.88 Å². The van der Waals surface area contributed by atoms with E-state index in [9.17, 15) is 4.79 Å². The Balaban J connectivity index is 3.16. The molecule has 0 saturated heterocycles. The van der Waals surface area contributed by atoms with Crippen LogP contribution in [-0.2, 0) is 0 Å². The van der Waals surface area contributed by atoms with Gasteiger partial charge in [-0.3, -0.25) is 9.55 Å². The first-order valence-corrected chi connectivity index (χ1v) is 3.11. The van der Waals surface area contributed by atoms with Crippen molar-refractivity contribution < 1.29 is 5.11 Å². The lowest BCUT2D eigenvalue weighted by Gasteiger charge is -2.01. The molecule has 4 nitrogen and oxygen atoms in total. The Labute approximate surface area is 58.1 Å². The molecule has 2 N–H and O–H groups in total. The van der Waals surface area contributed by atoms with E-state index in [1.54, 1.807) is 0 Å². The van der Waals surface area contributed by atoms with Crippen molar-refractivity contribution in [2.24, 2.45) is 0 Å². The summed E-state index contributed by atoms with van der Waals surface area (Å²) in [6.45, 7) is 3.74. The number of nitrogens with zero attached hydrogens (tertiary/aromatic N) is 1. The Hall–Kier alpha value is -1.19. The fourth-order valence-corrected chi connectivity index (χ4v) is 0.780. The van der Waals surface area contributed by atoms with Gasteiger partial charge in [0.2, 0.25) is 5.88 Å². The number of rotatable bonds is 1. The second-order valence-corrected chi connectivity index (χ2v) is 2.45. The van der Waals surface area contributed by atoms with Crippen molar-refractivity contribution >= 4 is 0 Å². The molecule has 0 aromatic carbocycles. The number of H-pyrrole nitrogens is 1. The van der Waals surface area contributed by atoms with E-state index in [0.29, 0.717) is 0 Å². The third-order valence-electron chi connectivity index (χ3n) is 1.29. The average molecular weight is 142 g/mol. The van der Waals surface area contributed by atoms with Gasteiger partial charge in [-0.25, -0.2) is 4.79 Å². The predicted octanol–water partition coefficient (Wildman–Crippen LogP) is 0.463. The molecule has 0 bridgehead atoms. The zero-order valence-corrected chi connectivity index (χ0v) is 5.96. The fourth-order valence-electron chi connectivity index (χ4n) is 0.780. The number of nitrogens with one attached hydrogen (secondary N) is 1. The first-order chi connectivity index (χ1) is 4.61. The van der Waals surface area contributed by atoms with Crippen molar-refractivity contribution in [2.45, 2.75) is 19.9 Å². The minimum Gasteiger partial charge on any atom is -0.493 e. The summed E-state index contributed by atoms with van der Waals surface area (Å²) in [5.41, 5.74) is -0.271. The molecule has 0 aliphatic heterocycles. The minimum atomic E-state index is -0.271. The maximum Gasteiger partial charge on any atom is 0.328 e. The van der Waals surface area contributed by atoms with Crippen molar-refractivity contribution in [1.29, 1.82) is 0 Å². The number of aromatic nitrogens is 2. The van der Waals surface area contributed by atoms with Crippen LogP contribution in [-0.4, -0.2) is 14.7 Å². The van der Waals surface area contributed by atoms with Crippen LogP contribution in [0, 0.1) is 0 Å². The zero-order valence-electron chi connectivity index (χ0n) is 5.96. The quantitative estimate of drug-likeness (QED) is 0.598. The predicted molar refractivity (Wildman–Crippen MR) is 37.1 cm³/mol. The van der Waals surface area contributed by atoms with E-state index in [-0.39, 0.29) is 17.6 Å². The first-order valence-electron chi connectivity index (χ1n) is 3.11. The van der Waals surface area contributed by atoms with Crippen LogP contribution in [0.4, 0.5) is 0 Å². The average Bonchev–Trinajstić information content (AvgIpc) is 2.10. The highest BCUT2D eigenvalue weighted by molar-refractivity contribution is 5.01. The van der Waals surface area contributed by atoms with Crippen LogP contribution < -0.4 is 5.69 Å². The van der Waals surface area contributed by atoms with Gasteiger partial charge in [-0.05, 0) is 13.8 Å². The number of hydrogen-bond acceptors (Lipinski definition) is 2. The van der Waals surface area contributed by atoms with Crippen LogP contribution >= 0.6 is 0 Å². The Morgan fingerprint density at radius 3 is 2.50 bits per heavy atom. The van der Waals surface area contributed by atoms with Crippen LogP contribution in [0.2, 0.25) is 0 Å². The van der Waals surface area contributed by atoms with Crippen molar-refractivity contribution in [3.63, 3.8) is 0 Å². The van der Waals surface area contributed by atoms with Gasteiger partial charge in [0.05, 0.1) is 6.20 Å². The molecular formula is C6H10N2O2. The van der Waals surface area contributed by atoms with Gasteiger partial charge in [0, 0.05) is 6.04 Å². The van der Waals surface area contributed by atoms with Crippen LogP contribution in [0.15, 0.2) is 11.0 Å². The number of imidazole rings is 1. The number of aromatic hydroxyl groups is 1. The van der Waals surface area contributed by atoms with Gasteiger partial charge in [0.1, 0.15) is 0 Å². The highest BCUT2D eigenvalue weighted by Crippen LogP contribution is 2.04. The Bertz CT molecular complexity index is 272. The molecule has 0 aliphatic rings. The van der Waals surface area contributed by atoms with Crippen molar-refractivity contribution in [3.05, 3.63) is 16.7 Å². The van der Waals surface area contributed by atoms with Crippen molar-refractivity contribution in [2.75, 3.05) is 0 Å². The van der Waals surface area contributed by atoms with Gasteiger partial charge in [0.15, 0.2) is 0 Å². The largest absolute Gasteiger partial charge is 0.493 e. The molecule has 1 heterocycles. The molecule has 1 aromatic heterocycles. The molecule has 0 radical (unpaired) electrons. The van der Waals surface area contributed by atoms with E-state index >= 15 is 0 Å². The van der Waals surface area contributed by atoms with E-state index in [0.717, 1.165) is 0 Å². The third-order valence-corrected chi connectivity index (χ3v) is 1.29. The number of aromatic amines is 1. The molecule has 0 spiro atoms. The molecule has 1 aromatic rings. The monoisotopic (exact) mass is 142 g/mol. The highest BCUT2D eigenvalue weighted by Gasteiger charge is 2.02. The summed E-state index contributed by atoms with van der Waals surface area (Å²) in [5.74, 6) is -0.0845. The normalized spacial score (nSPS) is 10.7. The SMILES string of the molecule is CC(C)n1cc(O)[nH]c1=O. The first kappa shape index (κ1) is 6.92. The summed E-state index contributed by atoms with van der Waals surface area (Å²) in [7, 11) is 0. The van der Waals surface area contributed by atoms with E-state index in [4.69, 9.17) is 5.11 Å². The maximum atomic E-state index is 10.8. The van der Waals surface area contributed by atoms with Gasteiger partial charge in [-0.15, -0.1) is 0 Å². The molecule has 0 saturated carbocycles. The molecule has 0 unspecified atom stereocenters. The summed E-state index contributed by atoms with van der Waals surface area (Å²) in [6.07, 6.45) is 1.38. The lowest BCUT2D eigenvalue weighted by atomic mass is 10.4. The topological polar surface area (TPSA) is 58.0 Å². The maximum absolute atomic E-state index is 10.8. The minimum absolute atomic E-state index is 0.0845. The Morgan fingerprint density at radius 1 is 1.70 bits per heavy atom. The zero-order chi connectivity index (χ0) is 7.72. The van der Waals surface area contributed by atoms with E-state index in [1.165, 1.54) is 10.8 Å². The third kappa shape index (κ3) is 1.05. The van der Waals surface area contributed by atoms with E-state index in [1.807, 2.05) is 13.8 Å². The Morgan fingerprint density at radius 2 is 2.30 bits per heavy atom. The standard InChI is InChI=1S/C6H10N2O2/c1-4(2)8-3-5(9)7-6(8)10/h3-4,9H,1-2H3,(H,7,10). The molecule has 0 aliphatic carbocycles. The molecule has 1 rings (SSSR count). The second kappa shape index (κ2) is 2.21. The molecular weight excluding hydrogens is 132 g/mol. The summed E-state index contributed by atoms with van der Waals surface area (Å²) in [4.78, 5) is 13.1. The summed E-state index contributed by atoms with van der Waals surface area (Å²) in [5, 5.41) is 8.81. The lowest BCUT2D eigenvalue weighted by molar-refractivity contribution is 0.454. The molecule has 56 valence electrons. The smallest absolute Gasteiger partial charge is 0.328 e. The number of hydrogen-bond donors (Lipinski definition) is 2. The van der Waals surface area contributed by atoms with Crippen LogP contribution in [0.1, 0.15) is 19.9 Å². The van der Waals surface area contributed by atoms with Crippen LogP contribution in [0.25, 0.3) is 0 Å². The second-order valence-electron chi connectivity index (χ2n) is 2.45. The Kier molecular flexibility index (Phi) is 1.53. The summed E-state index contributed by atoms with van der Waals surface area (Å²) < 4.78 is 1.43. The molecule has 0 amide bonds. The van der Waals surface area contributed by atoms with Gasteiger partial charge in [0.25, 0.3) is 0 Å². The summed E-state index contributed by atoms with van der Waals surface area (Å²) in [6, 6.07) is 0.0876. The molecule has 0 atom stereocenters. The van der Waals surface area contributed by atoms with E-state index in [2.05, 4.69) is 4.98 Å². The highest BCUT2D eigenvalue weighted by atomic mass is 16.3. The summed E-state index contributed by atoms with van der Waals surface area (Å²) >= 11 is 0. The fraction of sp³-hybridized carbons (Fsp3) is 0.500. The van der Waals surface area contributed by atoms with Crippen LogP contribution in [0.5, 0.6) is 5.88 Å². The van der Waals surface area contributed by atoms with Crippen LogP contribution in [0.3, 0.4) is 0 Å². The van der Waals surface area contributed by atoms with Gasteiger partial charge in [-0.2, -0.15) is 0 Å². The van der Waals surface area contributed by atoms with Gasteiger partial charge >= 0.3 is 5.69 Å². The van der Waals surface area contributed by atoms with Crippen molar-refractivity contribution in [1.82, 2.24) is 9.55 Å². The molecule has 4 heteroatoms.